The van der Waals surface area contributed by atoms with Crippen molar-refractivity contribution < 1.29 is 9.90 Å². The van der Waals surface area contributed by atoms with Crippen molar-refractivity contribution in [3.05, 3.63) is 65.2 Å². The Hall–Kier alpha value is -2.33. The highest BCUT2D eigenvalue weighted by Crippen LogP contribution is 2.32. The fourth-order valence-electron chi connectivity index (χ4n) is 3.03. The highest BCUT2D eigenvalue weighted by atomic mass is 16.3. The van der Waals surface area contributed by atoms with Crippen LogP contribution in [0.1, 0.15) is 43.5 Å². The third kappa shape index (κ3) is 3.15. The van der Waals surface area contributed by atoms with Crippen molar-refractivity contribution in [3.63, 3.8) is 0 Å². The molecule has 4 nitrogen and oxygen atoms in total. The first-order chi connectivity index (χ1) is 11.4. The number of benzene rings is 2. The first-order valence-corrected chi connectivity index (χ1v) is 8.27. The van der Waals surface area contributed by atoms with E-state index in [-0.39, 0.29) is 24.1 Å². The fraction of sp³-hybridized carbons (Fsp3) is 0.350. The van der Waals surface area contributed by atoms with E-state index in [0.717, 1.165) is 16.8 Å². The minimum atomic E-state index is -0.0864. The van der Waals surface area contributed by atoms with Crippen LogP contribution in [0.15, 0.2) is 48.5 Å². The standard InChI is InChI=1S/C20H24N2O2/c1-20(2,3)16-8-6-15(7-9-16)18-12-21-19(24)22(18)17-10-4-14(13-23)5-11-17/h4-11,18,23H,12-13H2,1-3H3,(H,21,24). The summed E-state index contributed by atoms with van der Waals surface area (Å²) in [5, 5.41) is 12.1. The molecule has 126 valence electrons. The monoisotopic (exact) mass is 324 g/mol. The molecule has 2 aromatic carbocycles. The van der Waals surface area contributed by atoms with Gasteiger partial charge in [0.1, 0.15) is 0 Å². The largest absolute Gasteiger partial charge is 0.392 e. The average molecular weight is 324 g/mol. The first-order valence-electron chi connectivity index (χ1n) is 8.27. The van der Waals surface area contributed by atoms with Crippen LogP contribution in [0.25, 0.3) is 0 Å². The van der Waals surface area contributed by atoms with E-state index in [0.29, 0.717) is 6.54 Å². The van der Waals surface area contributed by atoms with Gasteiger partial charge in [-0.3, -0.25) is 4.90 Å². The number of aliphatic hydroxyl groups excluding tert-OH is 1. The van der Waals surface area contributed by atoms with Gasteiger partial charge in [0.05, 0.1) is 12.6 Å². The van der Waals surface area contributed by atoms with Gasteiger partial charge in [-0.2, -0.15) is 0 Å². The van der Waals surface area contributed by atoms with E-state index in [1.165, 1.54) is 5.56 Å². The van der Waals surface area contributed by atoms with Crippen molar-refractivity contribution in [1.29, 1.82) is 0 Å². The van der Waals surface area contributed by atoms with Crippen molar-refractivity contribution in [2.45, 2.75) is 38.8 Å². The topological polar surface area (TPSA) is 52.6 Å². The molecule has 0 aliphatic carbocycles. The van der Waals surface area contributed by atoms with Gasteiger partial charge in [0.15, 0.2) is 0 Å². The minimum Gasteiger partial charge on any atom is -0.392 e. The third-order valence-electron chi connectivity index (χ3n) is 4.54. The highest BCUT2D eigenvalue weighted by Gasteiger charge is 2.33. The Morgan fingerprint density at radius 2 is 1.71 bits per heavy atom. The summed E-state index contributed by atoms with van der Waals surface area (Å²) in [5.74, 6) is 0. The van der Waals surface area contributed by atoms with Gasteiger partial charge in [-0.05, 0) is 34.2 Å². The molecule has 2 aromatic rings. The SMILES string of the molecule is CC(C)(C)c1ccc(C2CNC(=O)N2c2ccc(CO)cc2)cc1. The van der Waals surface area contributed by atoms with Gasteiger partial charge >= 0.3 is 6.03 Å². The normalized spacial score (nSPS) is 17.9. The lowest BCUT2D eigenvalue weighted by Gasteiger charge is -2.25. The number of hydrogen-bond donors (Lipinski definition) is 2. The van der Waals surface area contributed by atoms with Crippen LogP contribution in [0.5, 0.6) is 0 Å². The van der Waals surface area contributed by atoms with Crippen molar-refractivity contribution >= 4 is 11.7 Å². The molecule has 2 amide bonds. The minimum absolute atomic E-state index is 0.00414. The molecule has 0 aromatic heterocycles. The number of nitrogens with one attached hydrogen (secondary N) is 1. The summed E-state index contributed by atoms with van der Waals surface area (Å²) in [6, 6.07) is 15.9. The maximum atomic E-state index is 12.3. The van der Waals surface area contributed by atoms with E-state index >= 15 is 0 Å². The summed E-state index contributed by atoms with van der Waals surface area (Å²) in [4.78, 5) is 14.1. The van der Waals surface area contributed by atoms with E-state index in [4.69, 9.17) is 0 Å². The number of anilines is 1. The van der Waals surface area contributed by atoms with E-state index in [1.54, 1.807) is 4.90 Å². The van der Waals surface area contributed by atoms with Crippen LogP contribution < -0.4 is 10.2 Å². The van der Waals surface area contributed by atoms with Gasteiger partial charge in [-0.15, -0.1) is 0 Å². The third-order valence-corrected chi connectivity index (χ3v) is 4.54. The molecule has 1 unspecified atom stereocenters. The number of urea groups is 1. The molecule has 3 rings (SSSR count). The summed E-state index contributed by atoms with van der Waals surface area (Å²) in [6.45, 7) is 7.17. The van der Waals surface area contributed by atoms with Gasteiger partial charge < -0.3 is 10.4 Å². The molecule has 0 bridgehead atoms. The van der Waals surface area contributed by atoms with Gasteiger partial charge in [0, 0.05) is 12.2 Å². The van der Waals surface area contributed by atoms with E-state index in [2.05, 4.69) is 50.4 Å². The predicted molar refractivity (Wildman–Crippen MR) is 96.1 cm³/mol. The Balaban J connectivity index is 1.90. The fourth-order valence-corrected chi connectivity index (χ4v) is 3.03. The molecule has 1 saturated heterocycles. The second-order valence-electron chi connectivity index (χ2n) is 7.27. The molecule has 2 N–H and O–H groups in total. The molecule has 0 spiro atoms. The van der Waals surface area contributed by atoms with Gasteiger partial charge in [-0.25, -0.2) is 4.79 Å². The molecule has 1 atom stereocenters. The summed E-state index contributed by atoms with van der Waals surface area (Å²) < 4.78 is 0. The number of aliphatic hydroxyl groups is 1. The van der Waals surface area contributed by atoms with Gasteiger partial charge in [-0.1, -0.05) is 57.2 Å². The zero-order valence-corrected chi connectivity index (χ0v) is 14.4. The van der Waals surface area contributed by atoms with E-state index < -0.39 is 0 Å². The Labute approximate surface area is 143 Å². The number of carbonyl (C=O) groups is 1. The Bertz CT molecular complexity index is 715. The predicted octanol–water partition coefficient (Wildman–Crippen LogP) is 3.75. The highest BCUT2D eigenvalue weighted by molar-refractivity contribution is 5.95. The smallest absolute Gasteiger partial charge is 0.322 e. The van der Waals surface area contributed by atoms with Gasteiger partial charge in [0.2, 0.25) is 0 Å². The number of nitrogens with zero attached hydrogens (tertiary/aromatic N) is 1. The maximum absolute atomic E-state index is 12.3. The Morgan fingerprint density at radius 3 is 2.25 bits per heavy atom. The Kier molecular flexibility index (Phi) is 4.33. The molecule has 0 saturated carbocycles. The number of rotatable bonds is 3. The molecule has 0 radical (unpaired) electrons. The van der Waals surface area contributed by atoms with Crippen LogP contribution in [-0.4, -0.2) is 17.7 Å². The molecule has 24 heavy (non-hydrogen) atoms. The van der Waals surface area contributed by atoms with E-state index in [1.807, 2.05) is 24.3 Å². The Morgan fingerprint density at radius 1 is 1.08 bits per heavy atom. The summed E-state index contributed by atoms with van der Waals surface area (Å²) in [6.07, 6.45) is 0. The van der Waals surface area contributed by atoms with Crippen molar-refractivity contribution in [2.24, 2.45) is 0 Å². The van der Waals surface area contributed by atoms with Crippen molar-refractivity contribution in [2.75, 3.05) is 11.4 Å². The van der Waals surface area contributed by atoms with Crippen LogP contribution >= 0.6 is 0 Å². The zero-order chi connectivity index (χ0) is 17.3. The lowest BCUT2D eigenvalue weighted by molar-refractivity contribution is 0.251. The van der Waals surface area contributed by atoms with Crippen LogP contribution in [-0.2, 0) is 12.0 Å². The summed E-state index contributed by atoms with van der Waals surface area (Å²) in [5.41, 5.74) is 4.19. The molecule has 1 aliphatic rings. The maximum Gasteiger partial charge on any atom is 0.322 e. The summed E-state index contributed by atoms with van der Waals surface area (Å²) >= 11 is 0. The number of hydrogen-bond acceptors (Lipinski definition) is 2. The lowest BCUT2D eigenvalue weighted by atomic mass is 9.86. The van der Waals surface area contributed by atoms with Crippen LogP contribution in [0, 0.1) is 0 Å². The molecular weight excluding hydrogens is 300 g/mol. The second kappa shape index (κ2) is 6.29. The quantitative estimate of drug-likeness (QED) is 0.903. The van der Waals surface area contributed by atoms with Crippen molar-refractivity contribution in [3.8, 4) is 0 Å². The molecule has 4 heteroatoms. The molecule has 1 fully saturated rings. The first kappa shape index (κ1) is 16.5. The van der Waals surface area contributed by atoms with Crippen molar-refractivity contribution in [1.82, 2.24) is 5.32 Å². The van der Waals surface area contributed by atoms with Crippen LogP contribution in [0.2, 0.25) is 0 Å². The summed E-state index contributed by atoms with van der Waals surface area (Å²) in [7, 11) is 0. The number of carbonyl (C=O) groups excluding carboxylic acids is 1. The van der Waals surface area contributed by atoms with Crippen LogP contribution in [0.3, 0.4) is 0 Å². The number of amides is 2. The average Bonchev–Trinajstić information content (AvgIpc) is 2.96. The van der Waals surface area contributed by atoms with E-state index in [9.17, 15) is 9.90 Å². The lowest BCUT2D eigenvalue weighted by Crippen LogP contribution is -2.29. The molecular formula is C20H24N2O2. The second-order valence-corrected chi connectivity index (χ2v) is 7.27. The zero-order valence-electron chi connectivity index (χ0n) is 14.4. The molecule has 1 aliphatic heterocycles. The molecule has 1 heterocycles. The van der Waals surface area contributed by atoms with Gasteiger partial charge in [0.25, 0.3) is 0 Å². The van der Waals surface area contributed by atoms with Crippen LogP contribution in [0.4, 0.5) is 10.5 Å².